The van der Waals surface area contributed by atoms with Gasteiger partial charge in [0.2, 0.25) is 17.7 Å². The number of hydrogen-bond donors (Lipinski definition) is 6. The van der Waals surface area contributed by atoms with Crippen molar-refractivity contribution in [2.24, 2.45) is 12.5 Å². The number of halogens is 2. The van der Waals surface area contributed by atoms with Gasteiger partial charge in [0.05, 0.1) is 90.7 Å². The van der Waals surface area contributed by atoms with Gasteiger partial charge in [-0.25, -0.2) is 17.8 Å². The maximum Gasteiger partial charge on any atom is 0.262 e. The molecule has 3 heterocycles. The number of carbonyl (C=O) groups is 4. The van der Waals surface area contributed by atoms with Crippen LogP contribution in [0.3, 0.4) is 0 Å². The predicted octanol–water partition coefficient (Wildman–Crippen LogP) is 5.35. The molecule has 6 rings (SSSR count). The molecule has 21 nitrogen and oxygen atoms in total. The highest BCUT2D eigenvalue weighted by atomic mass is 127. The summed E-state index contributed by atoms with van der Waals surface area (Å²) in [6.07, 6.45) is -0.843. The van der Waals surface area contributed by atoms with Crippen LogP contribution in [-0.4, -0.2) is 142 Å². The fraction of sp³-hybridized carbons (Fsp3) is 0.444. The van der Waals surface area contributed by atoms with E-state index in [0.29, 0.717) is 3.57 Å². The highest BCUT2D eigenvalue weighted by molar-refractivity contribution is 14.1. The minimum Gasteiger partial charge on any atom is -0.484 e. The zero-order chi connectivity index (χ0) is 57.4. The molecule has 3 aromatic carbocycles. The van der Waals surface area contributed by atoms with Gasteiger partial charge in [-0.2, -0.15) is 0 Å². The van der Waals surface area contributed by atoms with E-state index >= 15 is 0 Å². The standard InChI is InChI=1S/C54H68FIN8O13S2/c1-33-26-44(50(63(7)52(33)69)60-43-17-12-38(56)27-42(43)55)62-79(71,72)41-15-13-40(14-16-41)77-31-46(66)57-18-19-73-20-21-74-22-23-75-24-25-76-30-47(67)61-49(54(4,5)6)53(70)64-29-39(65)28-45(64)51(68)59-34(2)36-8-10-37(11-9-36)48-35(3)58-32-78-48/h8-17,26-27,32,34,39,45,49,60,62,65H,18-25,28-31H2,1-7H3,(H,57,66)(H,59,68)(H,61,67)/t34-,39+,45-,49+/m0/s1. The monoisotopic (exact) mass is 1250 g/mol. The second-order valence-corrected chi connectivity index (χ2v) is 23.5. The summed E-state index contributed by atoms with van der Waals surface area (Å²) in [4.78, 5) is 72.3. The number of nitrogens with zero attached hydrogens (tertiary/aromatic N) is 3. The molecular weight excluding hydrogens is 1180 g/mol. The van der Waals surface area contributed by atoms with Crippen molar-refractivity contribution < 1.29 is 60.8 Å². The van der Waals surface area contributed by atoms with E-state index in [4.69, 9.17) is 23.7 Å². The van der Waals surface area contributed by atoms with Crippen molar-refractivity contribution in [2.45, 2.75) is 77.1 Å². The van der Waals surface area contributed by atoms with Gasteiger partial charge in [-0.15, -0.1) is 11.3 Å². The molecule has 0 spiro atoms. The topological polar surface area (TPSA) is 267 Å². The lowest BCUT2D eigenvalue weighted by Gasteiger charge is -2.35. The van der Waals surface area contributed by atoms with E-state index in [-0.39, 0.29) is 118 Å². The van der Waals surface area contributed by atoms with Crippen molar-refractivity contribution in [1.29, 1.82) is 0 Å². The number of thiazole rings is 1. The largest absolute Gasteiger partial charge is 0.484 e. The number of aliphatic hydroxyl groups excluding tert-OH is 1. The van der Waals surface area contributed by atoms with E-state index in [1.807, 2.05) is 60.7 Å². The smallest absolute Gasteiger partial charge is 0.262 e. The molecular formula is C54H68FIN8O13S2. The van der Waals surface area contributed by atoms with Crippen LogP contribution >= 0.6 is 33.9 Å². The molecule has 1 fully saturated rings. The molecule has 1 aliphatic rings. The lowest BCUT2D eigenvalue weighted by atomic mass is 9.85. The number of carbonyl (C=O) groups excluding carboxylic acids is 4. The Bertz CT molecular complexity index is 3070. The van der Waals surface area contributed by atoms with Crippen LogP contribution in [0.1, 0.15) is 57.0 Å². The molecule has 4 amide bonds. The first-order valence-electron chi connectivity index (χ1n) is 25.4. The van der Waals surface area contributed by atoms with E-state index in [2.05, 4.69) is 31.0 Å². The van der Waals surface area contributed by atoms with Crippen LogP contribution in [0.5, 0.6) is 5.75 Å². The number of nitrogens with one attached hydrogen (secondary N) is 5. The summed E-state index contributed by atoms with van der Waals surface area (Å²) >= 11 is 3.52. The first-order valence-corrected chi connectivity index (χ1v) is 28.8. The summed E-state index contributed by atoms with van der Waals surface area (Å²) in [5, 5.41) is 21.9. The third-order valence-electron chi connectivity index (χ3n) is 12.5. The molecule has 2 aromatic heterocycles. The molecule has 79 heavy (non-hydrogen) atoms. The van der Waals surface area contributed by atoms with Gasteiger partial charge in [0, 0.05) is 35.7 Å². The van der Waals surface area contributed by atoms with E-state index in [0.717, 1.165) is 21.7 Å². The Hall–Kier alpha value is -6.07. The van der Waals surface area contributed by atoms with Gasteiger partial charge in [0.25, 0.3) is 21.5 Å². The Balaban J connectivity index is 0.803. The Kier molecular flexibility index (Phi) is 22.7. The number of rotatable bonds is 28. The van der Waals surface area contributed by atoms with Crippen LogP contribution in [0.2, 0.25) is 0 Å². The Labute approximate surface area is 476 Å². The number of amides is 4. The van der Waals surface area contributed by atoms with Crippen molar-refractivity contribution in [2.75, 3.05) is 82.6 Å². The highest BCUT2D eigenvalue weighted by Gasteiger charge is 2.44. The number of aromatic nitrogens is 2. The molecule has 0 unspecified atom stereocenters. The minimum atomic E-state index is -4.20. The molecule has 0 bridgehead atoms. The first kappa shape index (κ1) is 62.1. The number of anilines is 3. The third kappa shape index (κ3) is 18.0. The Morgan fingerprint density at radius 2 is 1.51 bits per heavy atom. The minimum absolute atomic E-state index is 0.0236. The summed E-state index contributed by atoms with van der Waals surface area (Å²) in [7, 11) is -2.76. The molecule has 6 N–H and O–H groups in total. The van der Waals surface area contributed by atoms with Gasteiger partial charge in [-0.1, -0.05) is 45.0 Å². The average Bonchev–Trinajstić information content (AvgIpc) is 4.12. The number of ether oxygens (including phenoxy) is 5. The van der Waals surface area contributed by atoms with Crippen molar-refractivity contribution in [3.05, 3.63) is 115 Å². The molecule has 428 valence electrons. The molecule has 4 atom stereocenters. The number of aryl methyl sites for hydroxylation is 2. The van der Waals surface area contributed by atoms with Crippen molar-refractivity contribution in [1.82, 2.24) is 30.4 Å². The second-order valence-electron chi connectivity index (χ2n) is 19.7. The summed E-state index contributed by atoms with van der Waals surface area (Å²) in [6.45, 7) is 11.8. The van der Waals surface area contributed by atoms with E-state index in [1.165, 1.54) is 65.9 Å². The zero-order valence-corrected chi connectivity index (χ0v) is 48.9. The summed E-state index contributed by atoms with van der Waals surface area (Å²) in [5.74, 6) is -2.14. The van der Waals surface area contributed by atoms with Crippen LogP contribution in [0.4, 0.5) is 21.6 Å². The van der Waals surface area contributed by atoms with Gasteiger partial charge in [0.1, 0.15) is 36.1 Å². The fourth-order valence-electron chi connectivity index (χ4n) is 8.26. The molecule has 5 aromatic rings. The normalized spacial score (nSPS) is 15.3. The van der Waals surface area contributed by atoms with Gasteiger partial charge in [0.15, 0.2) is 6.61 Å². The van der Waals surface area contributed by atoms with E-state index in [9.17, 15) is 41.9 Å². The summed E-state index contributed by atoms with van der Waals surface area (Å²) < 4.78 is 73.4. The van der Waals surface area contributed by atoms with Crippen molar-refractivity contribution >= 4 is 84.8 Å². The van der Waals surface area contributed by atoms with Crippen LogP contribution in [0.25, 0.3) is 10.4 Å². The number of likely N-dealkylation sites (tertiary alicyclic amines) is 1. The number of sulfonamides is 1. The number of hydrogen-bond acceptors (Lipinski definition) is 16. The Morgan fingerprint density at radius 3 is 2.13 bits per heavy atom. The highest BCUT2D eigenvalue weighted by Crippen LogP contribution is 2.32. The van der Waals surface area contributed by atoms with Crippen LogP contribution in [0.15, 0.2) is 88.0 Å². The Morgan fingerprint density at radius 1 is 0.861 bits per heavy atom. The second kappa shape index (κ2) is 28.9. The quantitative estimate of drug-likeness (QED) is 0.0273. The van der Waals surface area contributed by atoms with Crippen molar-refractivity contribution in [3.8, 4) is 16.2 Å². The van der Waals surface area contributed by atoms with Gasteiger partial charge in [-0.05, 0) is 108 Å². The van der Waals surface area contributed by atoms with Gasteiger partial charge >= 0.3 is 0 Å². The average molecular weight is 1250 g/mol. The summed E-state index contributed by atoms with van der Waals surface area (Å²) in [6, 6.07) is 16.7. The first-order chi connectivity index (χ1) is 37.5. The van der Waals surface area contributed by atoms with Gasteiger partial charge in [-0.3, -0.25) is 33.3 Å². The number of benzene rings is 3. The maximum atomic E-state index is 14.7. The molecule has 1 saturated heterocycles. The third-order valence-corrected chi connectivity index (χ3v) is 15.5. The number of aliphatic hydroxyl groups is 1. The molecule has 0 aliphatic carbocycles. The van der Waals surface area contributed by atoms with Crippen molar-refractivity contribution in [3.63, 3.8) is 0 Å². The predicted molar refractivity (Wildman–Crippen MR) is 304 cm³/mol. The SMILES string of the molecule is Cc1ncsc1-c1ccc([C@H](C)NC(=O)[C@@H]2C[C@@H](O)CN2C(=O)[C@@H](NC(=O)COCCOCCOCCOCCNC(=O)COc2ccc(S(=O)(=O)Nc3cc(C)c(=O)n(C)c3Nc3ccc(I)cc3F)cc2)C(C)(C)C)cc1. The molecule has 25 heteroatoms. The zero-order valence-electron chi connectivity index (χ0n) is 45.1. The lowest BCUT2D eigenvalue weighted by Crippen LogP contribution is -2.58. The van der Waals surface area contributed by atoms with E-state index < -0.39 is 68.6 Å². The van der Waals surface area contributed by atoms with Crippen LogP contribution in [0, 0.1) is 28.6 Å². The maximum absolute atomic E-state index is 14.7. The molecule has 0 radical (unpaired) electrons. The summed E-state index contributed by atoms with van der Waals surface area (Å²) in [5.41, 5.74) is 3.84. The lowest BCUT2D eigenvalue weighted by molar-refractivity contribution is -0.144. The fourth-order valence-corrected chi connectivity index (χ4v) is 10.6. The molecule has 0 saturated carbocycles. The number of β-amino-alcohol motifs (C(OH)–C–C–N with tert-alkyl or cyclic N) is 1. The molecule has 1 aliphatic heterocycles. The van der Waals surface area contributed by atoms with Gasteiger partial charge < -0.3 is 55.0 Å². The van der Waals surface area contributed by atoms with Crippen LogP contribution in [-0.2, 0) is 55.2 Å². The van der Waals surface area contributed by atoms with E-state index in [1.54, 1.807) is 43.7 Å². The van der Waals surface area contributed by atoms with Crippen LogP contribution < -0.4 is 36.3 Å². The number of pyridine rings is 1.